The van der Waals surface area contributed by atoms with Gasteiger partial charge in [-0.1, -0.05) is 87.6 Å². The van der Waals surface area contributed by atoms with Crippen LogP contribution in [0.25, 0.3) is 0 Å². The molecule has 0 bridgehead atoms. The number of carbonyl (C=O) groups excluding carboxylic acids is 4. The summed E-state index contributed by atoms with van der Waals surface area (Å²) >= 11 is 0. The van der Waals surface area contributed by atoms with E-state index in [9.17, 15) is 19.2 Å². The number of esters is 3. The topological polar surface area (TPSA) is 121 Å². The van der Waals surface area contributed by atoms with Gasteiger partial charge < -0.3 is 19.5 Å². The molecule has 264 valence electrons. The van der Waals surface area contributed by atoms with Crippen molar-refractivity contribution in [2.75, 3.05) is 13.2 Å². The van der Waals surface area contributed by atoms with Gasteiger partial charge in [0.25, 0.3) is 5.91 Å². The summed E-state index contributed by atoms with van der Waals surface area (Å²) in [5.41, 5.74) is -1.70. The van der Waals surface area contributed by atoms with E-state index in [2.05, 4.69) is 71.9 Å². The fourth-order valence-corrected chi connectivity index (χ4v) is 4.14. The highest BCUT2D eigenvalue weighted by Crippen LogP contribution is 2.26. The summed E-state index contributed by atoms with van der Waals surface area (Å²) in [6.45, 7) is 10.6. The maximum Gasteiger partial charge on any atom is 0.357 e. The summed E-state index contributed by atoms with van der Waals surface area (Å²) in [7, 11) is 0. The molecule has 9 nitrogen and oxygen atoms in total. The Kier molecular flexibility index (Phi) is 20.8. The van der Waals surface area contributed by atoms with E-state index in [1.54, 1.807) is 46.8 Å². The summed E-state index contributed by atoms with van der Waals surface area (Å²) in [5.74, 6) is -2.29. The van der Waals surface area contributed by atoms with Crippen molar-refractivity contribution in [3.8, 4) is 0 Å². The number of pyridine rings is 1. The van der Waals surface area contributed by atoms with E-state index in [4.69, 9.17) is 14.2 Å². The first-order valence-electron chi connectivity index (χ1n) is 16.9. The van der Waals surface area contributed by atoms with Crippen LogP contribution in [0.3, 0.4) is 0 Å². The van der Waals surface area contributed by atoms with E-state index in [0.29, 0.717) is 6.42 Å². The smallest absolute Gasteiger partial charge is 0.357 e. The second kappa shape index (κ2) is 24.0. The minimum Gasteiger partial charge on any atom is -0.465 e. The Hall–Kier alpha value is -4.27. The molecule has 1 atom stereocenters. The highest BCUT2D eigenvalue weighted by molar-refractivity contribution is 5.91. The predicted molar refractivity (Wildman–Crippen MR) is 190 cm³/mol. The fraction of sp³-hybridized carbons (Fsp3) is 0.513. The van der Waals surface area contributed by atoms with E-state index >= 15 is 0 Å². The third-order valence-electron chi connectivity index (χ3n) is 6.61. The minimum atomic E-state index is -1.32. The number of amides is 1. The first kappa shape index (κ1) is 41.8. The lowest BCUT2D eigenvalue weighted by Crippen LogP contribution is -2.49. The molecule has 1 amide bonds. The number of carbonyl (C=O) groups is 4. The zero-order chi connectivity index (χ0) is 35.7. The number of ether oxygens (including phenoxy) is 3. The van der Waals surface area contributed by atoms with Crippen molar-refractivity contribution in [3.05, 3.63) is 90.9 Å². The van der Waals surface area contributed by atoms with Crippen LogP contribution >= 0.6 is 0 Å². The molecule has 0 aliphatic heterocycles. The molecule has 48 heavy (non-hydrogen) atoms. The third-order valence-corrected chi connectivity index (χ3v) is 6.61. The summed E-state index contributed by atoms with van der Waals surface area (Å²) in [4.78, 5) is 54.6. The summed E-state index contributed by atoms with van der Waals surface area (Å²) in [6.07, 6.45) is 27.8. The molecule has 1 heterocycles. The molecule has 0 spiro atoms. The number of nitrogens with one attached hydrogen (secondary N) is 1. The molecule has 1 aromatic rings. The SMILES string of the molecule is CC/C=C\C/C=C\C/C=C\C/C=C\C/C=C\CCCC(=O)OCC(C)(C)[C@@H](OC(=O)c1ccccn1)C(=O)NCCC(=O)OC(C)(C)C. The number of rotatable bonds is 22. The quantitative estimate of drug-likeness (QED) is 0.0574. The van der Waals surface area contributed by atoms with Gasteiger partial charge in [0.15, 0.2) is 6.10 Å². The van der Waals surface area contributed by atoms with E-state index in [0.717, 1.165) is 38.5 Å². The van der Waals surface area contributed by atoms with Crippen LogP contribution in [0.2, 0.25) is 0 Å². The number of aromatic nitrogens is 1. The first-order valence-corrected chi connectivity index (χ1v) is 16.9. The van der Waals surface area contributed by atoms with Gasteiger partial charge in [-0.3, -0.25) is 14.4 Å². The Bertz CT molecular complexity index is 1250. The van der Waals surface area contributed by atoms with Gasteiger partial charge in [-0.15, -0.1) is 0 Å². The molecular formula is C39H56N2O7. The second-order valence-electron chi connectivity index (χ2n) is 12.9. The van der Waals surface area contributed by atoms with Crippen LogP contribution in [-0.2, 0) is 28.6 Å². The Morgan fingerprint density at radius 3 is 1.92 bits per heavy atom. The number of hydrogen-bond acceptors (Lipinski definition) is 8. The summed E-state index contributed by atoms with van der Waals surface area (Å²) in [6, 6.07) is 4.76. The van der Waals surface area contributed by atoms with Crippen molar-refractivity contribution >= 4 is 23.8 Å². The van der Waals surface area contributed by atoms with Crippen LogP contribution in [0.5, 0.6) is 0 Å². The van der Waals surface area contributed by atoms with Gasteiger partial charge in [-0.25, -0.2) is 9.78 Å². The van der Waals surface area contributed by atoms with Gasteiger partial charge in [0, 0.05) is 24.6 Å². The molecule has 1 N–H and O–H groups in total. The first-order chi connectivity index (χ1) is 22.9. The summed E-state index contributed by atoms with van der Waals surface area (Å²) in [5, 5.41) is 2.64. The Labute approximate surface area is 287 Å². The van der Waals surface area contributed by atoms with Gasteiger partial charge >= 0.3 is 17.9 Å². The number of hydrogen-bond donors (Lipinski definition) is 1. The van der Waals surface area contributed by atoms with Crippen molar-refractivity contribution in [2.24, 2.45) is 5.41 Å². The maximum atomic E-state index is 13.2. The van der Waals surface area contributed by atoms with Crippen molar-refractivity contribution in [1.82, 2.24) is 10.3 Å². The molecule has 0 aromatic carbocycles. The molecule has 0 saturated carbocycles. The van der Waals surface area contributed by atoms with E-state index in [-0.39, 0.29) is 31.7 Å². The summed E-state index contributed by atoms with van der Waals surface area (Å²) < 4.78 is 16.4. The lowest BCUT2D eigenvalue weighted by molar-refractivity contribution is -0.156. The Balaban J connectivity index is 2.51. The molecule has 9 heteroatoms. The fourth-order valence-electron chi connectivity index (χ4n) is 4.14. The van der Waals surface area contributed by atoms with Crippen molar-refractivity contribution in [1.29, 1.82) is 0 Å². The molecule has 1 rings (SSSR count). The zero-order valence-corrected chi connectivity index (χ0v) is 29.7. The molecular weight excluding hydrogens is 608 g/mol. The lowest BCUT2D eigenvalue weighted by Gasteiger charge is -2.32. The average Bonchev–Trinajstić information content (AvgIpc) is 3.03. The average molecular weight is 665 g/mol. The van der Waals surface area contributed by atoms with Crippen LogP contribution in [-0.4, -0.2) is 53.7 Å². The van der Waals surface area contributed by atoms with Crippen LogP contribution < -0.4 is 5.32 Å². The van der Waals surface area contributed by atoms with Gasteiger partial charge in [0.1, 0.15) is 17.9 Å². The Morgan fingerprint density at radius 1 is 0.792 bits per heavy atom. The monoisotopic (exact) mass is 664 g/mol. The largest absolute Gasteiger partial charge is 0.465 e. The molecule has 0 radical (unpaired) electrons. The number of allylic oxidation sites excluding steroid dienone is 10. The normalized spacial score (nSPS) is 13.1. The van der Waals surface area contributed by atoms with Gasteiger partial charge in [-0.05, 0) is 77.8 Å². The van der Waals surface area contributed by atoms with Crippen LogP contribution in [0.15, 0.2) is 85.2 Å². The third kappa shape index (κ3) is 20.8. The molecule has 1 aromatic heterocycles. The van der Waals surface area contributed by atoms with Crippen molar-refractivity contribution in [3.63, 3.8) is 0 Å². The van der Waals surface area contributed by atoms with Gasteiger partial charge in [0.05, 0.1) is 6.42 Å². The van der Waals surface area contributed by atoms with Crippen LogP contribution in [0.4, 0.5) is 0 Å². The molecule has 0 unspecified atom stereocenters. The maximum absolute atomic E-state index is 13.2. The Morgan fingerprint density at radius 2 is 1.38 bits per heavy atom. The molecule has 0 aliphatic carbocycles. The lowest BCUT2D eigenvalue weighted by atomic mass is 9.86. The highest BCUT2D eigenvalue weighted by atomic mass is 16.6. The van der Waals surface area contributed by atoms with Gasteiger partial charge in [0.2, 0.25) is 0 Å². The highest BCUT2D eigenvalue weighted by Gasteiger charge is 2.40. The number of nitrogens with zero attached hydrogens (tertiary/aromatic N) is 1. The van der Waals surface area contributed by atoms with E-state index in [1.165, 1.54) is 12.3 Å². The number of unbranched alkanes of at least 4 members (excludes halogenated alkanes) is 1. The zero-order valence-electron chi connectivity index (χ0n) is 29.7. The standard InChI is InChI=1S/C39H56N2O7/c1-7-8-9-10-11-12-13-14-15-16-17-18-19-20-21-22-23-27-33(42)46-31-39(5,6)35(47-37(45)32-26-24-25-29-40-32)36(44)41-30-28-34(43)48-38(2,3)4/h8-9,11-12,14-15,17-18,20-21,24-26,29,35H,7,10,13,16,19,22-23,27-28,30-31H2,1-6H3,(H,41,44)/b9-8-,12-11-,15-14-,18-17-,21-20-/t35-/m0/s1. The second-order valence-corrected chi connectivity index (χ2v) is 12.9. The van der Waals surface area contributed by atoms with E-state index in [1.807, 2.05) is 6.08 Å². The molecule has 0 fully saturated rings. The van der Waals surface area contributed by atoms with Gasteiger partial charge in [-0.2, -0.15) is 0 Å². The predicted octanol–water partition coefficient (Wildman–Crippen LogP) is 7.95. The molecule has 0 aliphatic rings. The van der Waals surface area contributed by atoms with E-state index < -0.39 is 40.9 Å². The van der Waals surface area contributed by atoms with Crippen molar-refractivity contribution in [2.45, 2.75) is 111 Å². The van der Waals surface area contributed by atoms with Crippen LogP contribution in [0, 0.1) is 5.41 Å². The van der Waals surface area contributed by atoms with Crippen LogP contribution in [0.1, 0.15) is 110 Å². The molecule has 0 saturated heterocycles. The minimum absolute atomic E-state index is 0.0168. The van der Waals surface area contributed by atoms with Crippen molar-refractivity contribution < 1.29 is 33.4 Å².